The summed E-state index contributed by atoms with van der Waals surface area (Å²) in [6, 6.07) is 8.85. The maximum atomic E-state index is 13.6. The monoisotopic (exact) mass is 534 g/mol. The molecule has 2 saturated heterocycles. The summed E-state index contributed by atoms with van der Waals surface area (Å²) in [5, 5.41) is 9.46. The topological polar surface area (TPSA) is 62.2 Å². The Balaban J connectivity index is 1.51. The second kappa shape index (κ2) is 12.5. The molecule has 3 aliphatic heterocycles. The number of carbonyl (C=O) groups excluding carboxylic acids is 1. The summed E-state index contributed by atoms with van der Waals surface area (Å²) in [4.78, 5) is 18.1. The van der Waals surface area contributed by atoms with E-state index >= 15 is 0 Å². The van der Waals surface area contributed by atoms with Crippen molar-refractivity contribution in [3.63, 3.8) is 0 Å². The number of hydrogen-bond acceptors (Lipinski definition) is 5. The molecule has 2 fully saturated rings. The molecular weight excluding hydrogens is 496 g/mol. The highest BCUT2D eigenvalue weighted by molar-refractivity contribution is 9.10. The van der Waals surface area contributed by atoms with E-state index in [9.17, 15) is 9.90 Å². The molecule has 0 aromatic heterocycles. The smallest absolute Gasteiger partial charge is 0.288 e. The lowest BCUT2D eigenvalue weighted by atomic mass is 9.80. The number of halogens is 1. The molecule has 1 N–H and O–H groups in total. The Labute approximate surface area is 212 Å². The highest BCUT2D eigenvalue weighted by Crippen LogP contribution is 2.40. The largest absolute Gasteiger partial charge is 0.459 e. The summed E-state index contributed by atoms with van der Waals surface area (Å²) >= 11 is 3.52. The molecule has 0 unspecified atom stereocenters. The molecule has 7 heteroatoms. The summed E-state index contributed by atoms with van der Waals surface area (Å²) < 4.78 is 13.2. The number of likely N-dealkylation sites (tertiary alicyclic amines) is 2. The fourth-order valence-corrected chi connectivity index (χ4v) is 5.96. The number of aliphatic hydroxyl groups is 1. The molecule has 4 rings (SSSR count). The van der Waals surface area contributed by atoms with Crippen LogP contribution in [0.2, 0.25) is 0 Å². The first-order valence-electron chi connectivity index (χ1n) is 13.0. The summed E-state index contributed by atoms with van der Waals surface area (Å²) in [6.07, 6.45) is 8.94. The van der Waals surface area contributed by atoms with Crippen molar-refractivity contribution in [1.82, 2.24) is 9.80 Å². The third-order valence-corrected chi connectivity index (χ3v) is 8.06. The molecule has 6 nitrogen and oxygen atoms in total. The van der Waals surface area contributed by atoms with E-state index in [1.165, 1.54) is 32.4 Å². The van der Waals surface area contributed by atoms with Crippen molar-refractivity contribution in [2.75, 3.05) is 39.4 Å². The van der Waals surface area contributed by atoms with Crippen LogP contribution in [-0.4, -0.2) is 72.5 Å². The number of amides is 1. The predicted octanol–water partition coefficient (Wildman–Crippen LogP) is 4.68. The van der Waals surface area contributed by atoms with Gasteiger partial charge in [-0.25, -0.2) is 0 Å². The van der Waals surface area contributed by atoms with Gasteiger partial charge in [-0.05, 0) is 82.3 Å². The Morgan fingerprint density at radius 3 is 2.47 bits per heavy atom. The minimum absolute atomic E-state index is 0.00483. The normalized spacial score (nSPS) is 26.7. The van der Waals surface area contributed by atoms with Crippen LogP contribution in [0.5, 0.6) is 0 Å². The zero-order valence-electron chi connectivity index (χ0n) is 20.3. The SMILES string of the molecule is CCO[C@H]1OC(C(=O)N2CCC(N3CCCCC3)CC2)=C[C@@H](c2ccc(Br)cc2)[C@@H]1CCCO. The fraction of sp³-hybridized carbons (Fsp3) is 0.667. The lowest BCUT2D eigenvalue weighted by Crippen LogP contribution is -2.49. The van der Waals surface area contributed by atoms with Crippen LogP contribution in [0.15, 0.2) is 40.6 Å². The van der Waals surface area contributed by atoms with Gasteiger partial charge in [0.2, 0.25) is 6.29 Å². The molecule has 3 heterocycles. The van der Waals surface area contributed by atoms with Gasteiger partial charge in [0.15, 0.2) is 5.76 Å². The first kappa shape index (κ1) is 25.7. The zero-order valence-corrected chi connectivity index (χ0v) is 21.9. The van der Waals surface area contributed by atoms with Gasteiger partial charge in [-0.3, -0.25) is 4.79 Å². The summed E-state index contributed by atoms with van der Waals surface area (Å²) in [7, 11) is 0. The van der Waals surface area contributed by atoms with Crippen molar-refractivity contribution in [3.05, 3.63) is 46.1 Å². The van der Waals surface area contributed by atoms with E-state index in [0.717, 1.165) is 42.4 Å². The van der Waals surface area contributed by atoms with E-state index in [1.807, 2.05) is 30.0 Å². The van der Waals surface area contributed by atoms with Gasteiger partial charge in [0, 0.05) is 48.7 Å². The second-order valence-electron chi connectivity index (χ2n) is 9.70. The third kappa shape index (κ3) is 6.23. The summed E-state index contributed by atoms with van der Waals surface area (Å²) in [6.45, 7) is 6.54. The zero-order chi connectivity index (χ0) is 23.9. The van der Waals surface area contributed by atoms with Gasteiger partial charge >= 0.3 is 0 Å². The van der Waals surface area contributed by atoms with Gasteiger partial charge in [0.05, 0.1) is 0 Å². The lowest BCUT2D eigenvalue weighted by molar-refractivity contribution is -0.171. The van der Waals surface area contributed by atoms with E-state index in [1.54, 1.807) is 0 Å². The maximum Gasteiger partial charge on any atom is 0.288 e. The van der Waals surface area contributed by atoms with Crippen LogP contribution in [0, 0.1) is 5.92 Å². The van der Waals surface area contributed by atoms with Crippen molar-refractivity contribution in [2.45, 2.75) is 70.1 Å². The van der Waals surface area contributed by atoms with E-state index in [2.05, 4.69) is 33.0 Å². The number of rotatable bonds is 8. The number of aliphatic hydroxyl groups excluding tert-OH is 1. The van der Waals surface area contributed by atoms with Crippen LogP contribution >= 0.6 is 15.9 Å². The van der Waals surface area contributed by atoms with Crippen LogP contribution in [0.25, 0.3) is 0 Å². The Bertz CT molecular complexity index is 816. The van der Waals surface area contributed by atoms with Gasteiger partial charge in [-0.1, -0.05) is 34.5 Å². The molecule has 0 radical (unpaired) electrons. The third-order valence-electron chi connectivity index (χ3n) is 7.54. The Morgan fingerprint density at radius 1 is 1.12 bits per heavy atom. The molecule has 0 saturated carbocycles. The molecule has 188 valence electrons. The van der Waals surface area contributed by atoms with Crippen LogP contribution in [0.4, 0.5) is 0 Å². The Morgan fingerprint density at radius 2 is 1.82 bits per heavy atom. The van der Waals surface area contributed by atoms with Gasteiger partial charge < -0.3 is 24.4 Å². The number of allylic oxidation sites excluding steroid dienone is 1. The molecule has 1 aromatic carbocycles. The quantitative estimate of drug-likeness (QED) is 0.524. The molecule has 0 bridgehead atoms. The molecule has 3 atom stereocenters. The van der Waals surface area contributed by atoms with E-state index < -0.39 is 6.29 Å². The van der Waals surface area contributed by atoms with Gasteiger partial charge in [0.25, 0.3) is 5.91 Å². The summed E-state index contributed by atoms with van der Waals surface area (Å²) in [5.41, 5.74) is 1.13. The maximum absolute atomic E-state index is 13.6. The number of nitrogens with zero attached hydrogens (tertiary/aromatic N) is 2. The first-order chi connectivity index (χ1) is 16.6. The fourth-order valence-electron chi connectivity index (χ4n) is 5.70. The van der Waals surface area contributed by atoms with Crippen molar-refractivity contribution in [1.29, 1.82) is 0 Å². The molecule has 0 spiro atoms. The van der Waals surface area contributed by atoms with E-state index in [0.29, 0.717) is 24.8 Å². The van der Waals surface area contributed by atoms with Crippen LogP contribution in [-0.2, 0) is 14.3 Å². The van der Waals surface area contributed by atoms with Gasteiger partial charge in [0.1, 0.15) is 0 Å². The Kier molecular flexibility index (Phi) is 9.46. The van der Waals surface area contributed by atoms with E-state index in [-0.39, 0.29) is 24.3 Å². The molecular formula is C27H39BrN2O4. The lowest BCUT2D eigenvalue weighted by Gasteiger charge is -2.41. The molecule has 0 aliphatic carbocycles. The minimum atomic E-state index is -0.500. The molecule has 3 aliphatic rings. The number of piperidine rings is 2. The number of hydrogen-bond donors (Lipinski definition) is 1. The predicted molar refractivity (Wildman–Crippen MR) is 136 cm³/mol. The van der Waals surface area contributed by atoms with Crippen LogP contribution in [0.3, 0.4) is 0 Å². The molecule has 1 aromatic rings. The van der Waals surface area contributed by atoms with E-state index in [4.69, 9.17) is 9.47 Å². The van der Waals surface area contributed by atoms with Gasteiger partial charge in [-0.2, -0.15) is 0 Å². The molecule has 1 amide bonds. The van der Waals surface area contributed by atoms with Crippen LogP contribution < -0.4 is 0 Å². The van der Waals surface area contributed by atoms with Gasteiger partial charge in [-0.15, -0.1) is 0 Å². The molecule has 34 heavy (non-hydrogen) atoms. The van der Waals surface area contributed by atoms with Crippen molar-refractivity contribution in [2.24, 2.45) is 5.92 Å². The average Bonchev–Trinajstić information content (AvgIpc) is 2.88. The van der Waals surface area contributed by atoms with Crippen molar-refractivity contribution >= 4 is 21.8 Å². The van der Waals surface area contributed by atoms with Crippen molar-refractivity contribution < 1.29 is 19.4 Å². The summed E-state index contributed by atoms with van der Waals surface area (Å²) in [5.74, 6) is 0.414. The second-order valence-corrected chi connectivity index (χ2v) is 10.6. The Hall–Kier alpha value is -1.41. The number of carbonyl (C=O) groups is 1. The highest BCUT2D eigenvalue weighted by atomic mass is 79.9. The first-order valence-corrected chi connectivity index (χ1v) is 13.8. The standard InChI is InChI=1S/C27H39BrN2O4/c1-2-33-27-23(7-6-18-31)24(20-8-10-21(28)11-9-20)19-25(34-27)26(32)30-16-12-22(13-17-30)29-14-4-3-5-15-29/h8-11,19,22-24,27,31H,2-7,12-18H2,1H3/t23-,24-,27-/m0/s1. The highest BCUT2D eigenvalue weighted by Gasteiger charge is 2.39. The average molecular weight is 536 g/mol. The minimum Gasteiger partial charge on any atom is -0.459 e. The number of benzene rings is 1. The number of ether oxygens (including phenoxy) is 2. The van der Waals surface area contributed by atoms with Crippen LogP contribution in [0.1, 0.15) is 63.4 Å². The van der Waals surface area contributed by atoms with Crippen molar-refractivity contribution in [3.8, 4) is 0 Å².